The van der Waals surface area contributed by atoms with Gasteiger partial charge in [0.25, 0.3) is 0 Å². The van der Waals surface area contributed by atoms with Gasteiger partial charge in [-0.2, -0.15) is 13.2 Å². The predicted molar refractivity (Wildman–Crippen MR) is 56.1 cm³/mol. The van der Waals surface area contributed by atoms with E-state index >= 15 is 0 Å². The second-order valence-electron chi connectivity index (χ2n) is 3.95. The SMILES string of the molecule is C=C1NC(=O)CC1c1ccc(C(F)(F)F)cc1. The van der Waals surface area contributed by atoms with Crippen molar-refractivity contribution in [3.63, 3.8) is 0 Å². The molecule has 1 saturated heterocycles. The van der Waals surface area contributed by atoms with Crippen LogP contribution in [0, 0.1) is 0 Å². The molecule has 0 radical (unpaired) electrons. The molecule has 0 bridgehead atoms. The van der Waals surface area contributed by atoms with Gasteiger partial charge in [0.2, 0.25) is 5.91 Å². The summed E-state index contributed by atoms with van der Waals surface area (Å²) >= 11 is 0. The molecule has 1 unspecified atom stereocenters. The van der Waals surface area contributed by atoms with Crippen molar-refractivity contribution in [2.75, 3.05) is 0 Å². The van der Waals surface area contributed by atoms with E-state index in [1.54, 1.807) is 0 Å². The zero-order chi connectivity index (χ0) is 12.6. The van der Waals surface area contributed by atoms with Gasteiger partial charge in [0.1, 0.15) is 0 Å². The molecule has 0 aliphatic carbocycles. The van der Waals surface area contributed by atoms with Crippen LogP contribution >= 0.6 is 0 Å². The Balaban J connectivity index is 2.24. The van der Waals surface area contributed by atoms with Crippen molar-refractivity contribution >= 4 is 5.91 Å². The summed E-state index contributed by atoms with van der Waals surface area (Å²) in [6.45, 7) is 3.68. The fraction of sp³-hybridized carbons (Fsp3) is 0.250. The van der Waals surface area contributed by atoms with Gasteiger partial charge in [0.15, 0.2) is 0 Å². The van der Waals surface area contributed by atoms with E-state index in [2.05, 4.69) is 11.9 Å². The molecule has 2 nitrogen and oxygen atoms in total. The molecule has 0 spiro atoms. The minimum Gasteiger partial charge on any atom is -0.330 e. The molecule has 1 aromatic rings. The first kappa shape index (κ1) is 11.7. The Hall–Kier alpha value is -1.78. The highest BCUT2D eigenvalue weighted by Gasteiger charge is 2.31. The monoisotopic (exact) mass is 241 g/mol. The highest BCUT2D eigenvalue weighted by molar-refractivity contribution is 5.83. The quantitative estimate of drug-likeness (QED) is 0.804. The van der Waals surface area contributed by atoms with Gasteiger partial charge in [-0.15, -0.1) is 0 Å². The summed E-state index contributed by atoms with van der Waals surface area (Å²) in [5, 5.41) is 2.55. The van der Waals surface area contributed by atoms with Crippen molar-refractivity contribution in [3.05, 3.63) is 47.7 Å². The van der Waals surface area contributed by atoms with Crippen LogP contribution in [-0.4, -0.2) is 5.91 Å². The van der Waals surface area contributed by atoms with E-state index < -0.39 is 11.7 Å². The number of carbonyl (C=O) groups is 1. The molecule has 1 atom stereocenters. The van der Waals surface area contributed by atoms with Gasteiger partial charge in [0.05, 0.1) is 5.56 Å². The lowest BCUT2D eigenvalue weighted by molar-refractivity contribution is -0.137. The molecule has 1 N–H and O–H groups in total. The highest BCUT2D eigenvalue weighted by atomic mass is 19.4. The number of allylic oxidation sites excluding steroid dienone is 1. The van der Waals surface area contributed by atoms with Gasteiger partial charge >= 0.3 is 6.18 Å². The van der Waals surface area contributed by atoms with E-state index in [1.807, 2.05) is 0 Å². The Kier molecular flexibility index (Phi) is 2.69. The lowest BCUT2D eigenvalue weighted by Crippen LogP contribution is -2.11. The maximum absolute atomic E-state index is 12.4. The van der Waals surface area contributed by atoms with E-state index in [0.717, 1.165) is 12.1 Å². The summed E-state index contributed by atoms with van der Waals surface area (Å²) in [5.41, 5.74) is 0.514. The van der Waals surface area contributed by atoms with Crippen LogP contribution in [0.5, 0.6) is 0 Å². The summed E-state index contributed by atoms with van der Waals surface area (Å²) < 4.78 is 37.1. The van der Waals surface area contributed by atoms with Crippen LogP contribution in [0.3, 0.4) is 0 Å². The lowest BCUT2D eigenvalue weighted by atomic mass is 9.95. The summed E-state index contributed by atoms with van der Waals surface area (Å²) in [6.07, 6.45) is -4.09. The Morgan fingerprint density at radius 3 is 2.24 bits per heavy atom. The average Bonchev–Trinajstić information content (AvgIpc) is 2.57. The Labute approximate surface area is 96.1 Å². The fourth-order valence-corrected chi connectivity index (χ4v) is 1.85. The molecule has 1 amide bonds. The number of alkyl halides is 3. The lowest BCUT2D eigenvalue weighted by Gasteiger charge is -2.11. The first-order chi connectivity index (χ1) is 7.88. The molecule has 0 aromatic heterocycles. The number of hydrogen-bond acceptors (Lipinski definition) is 1. The third-order valence-corrected chi connectivity index (χ3v) is 2.75. The third-order valence-electron chi connectivity index (χ3n) is 2.75. The van der Waals surface area contributed by atoms with Gasteiger partial charge in [-0.1, -0.05) is 18.7 Å². The van der Waals surface area contributed by atoms with E-state index in [0.29, 0.717) is 11.3 Å². The molecule has 1 fully saturated rings. The smallest absolute Gasteiger partial charge is 0.330 e. The van der Waals surface area contributed by atoms with E-state index in [4.69, 9.17) is 0 Å². The number of hydrogen-bond donors (Lipinski definition) is 1. The van der Waals surface area contributed by atoms with Crippen molar-refractivity contribution in [3.8, 4) is 0 Å². The van der Waals surface area contributed by atoms with Gasteiger partial charge in [-0.25, -0.2) is 0 Å². The number of amides is 1. The third kappa shape index (κ3) is 2.33. The number of nitrogens with one attached hydrogen (secondary N) is 1. The van der Waals surface area contributed by atoms with Crippen molar-refractivity contribution in [2.45, 2.75) is 18.5 Å². The van der Waals surface area contributed by atoms with Crippen molar-refractivity contribution in [1.29, 1.82) is 0 Å². The molecule has 1 aliphatic rings. The summed E-state index contributed by atoms with van der Waals surface area (Å²) in [7, 11) is 0. The minimum absolute atomic E-state index is 0.153. The van der Waals surface area contributed by atoms with Crippen LogP contribution in [0.25, 0.3) is 0 Å². The highest BCUT2D eigenvalue weighted by Crippen LogP contribution is 2.33. The number of rotatable bonds is 1. The van der Waals surface area contributed by atoms with Gasteiger partial charge < -0.3 is 5.32 Å². The normalized spacial score (nSPS) is 20.5. The van der Waals surface area contributed by atoms with E-state index in [-0.39, 0.29) is 18.2 Å². The first-order valence-corrected chi connectivity index (χ1v) is 5.04. The second-order valence-corrected chi connectivity index (χ2v) is 3.95. The maximum Gasteiger partial charge on any atom is 0.416 e. The van der Waals surface area contributed by atoms with Crippen molar-refractivity contribution < 1.29 is 18.0 Å². The molecule has 1 aromatic carbocycles. The molecular formula is C12H10F3NO. The van der Waals surface area contributed by atoms with Crippen LogP contribution in [0.1, 0.15) is 23.5 Å². The van der Waals surface area contributed by atoms with Crippen LogP contribution in [0.2, 0.25) is 0 Å². The van der Waals surface area contributed by atoms with Crippen LogP contribution in [-0.2, 0) is 11.0 Å². The molecule has 2 rings (SSSR count). The van der Waals surface area contributed by atoms with Gasteiger partial charge in [-0.05, 0) is 17.7 Å². The largest absolute Gasteiger partial charge is 0.416 e. The maximum atomic E-state index is 12.4. The Morgan fingerprint density at radius 2 is 1.82 bits per heavy atom. The van der Waals surface area contributed by atoms with E-state index in [1.165, 1.54) is 12.1 Å². The van der Waals surface area contributed by atoms with Gasteiger partial charge in [0, 0.05) is 18.0 Å². The molecule has 0 saturated carbocycles. The molecule has 90 valence electrons. The van der Waals surface area contributed by atoms with E-state index in [9.17, 15) is 18.0 Å². The Morgan fingerprint density at radius 1 is 1.24 bits per heavy atom. The zero-order valence-electron chi connectivity index (χ0n) is 8.84. The summed E-state index contributed by atoms with van der Waals surface area (Å²) in [5.74, 6) is -0.385. The number of benzene rings is 1. The minimum atomic E-state index is -4.33. The summed E-state index contributed by atoms with van der Waals surface area (Å²) in [4.78, 5) is 11.1. The molecule has 5 heteroatoms. The molecule has 1 aliphatic heterocycles. The fourth-order valence-electron chi connectivity index (χ4n) is 1.85. The predicted octanol–water partition coefficient (Wildman–Crippen LogP) is 2.82. The number of halogens is 3. The van der Waals surface area contributed by atoms with Crippen molar-refractivity contribution in [1.82, 2.24) is 5.32 Å². The molecular weight excluding hydrogens is 231 g/mol. The average molecular weight is 241 g/mol. The standard InChI is InChI=1S/C12H10F3NO/c1-7-10(6-11(17)16-7)8-2-4-9(5-3-8)12(13,14)15/h2-5,10H,1,6H2,(H,16,17). The van der Waals surface area contributed by atoms with Crippen molar-refractivity contribution in [2.24, 2.45) is 0 Å². The summed E-state index contributed by atoms with van der Waals surface area (Å²) in [6, 6.07) is 4.81. The van der Waals surface area contributed by atoms with Crippen LogP contribution in [0.15, 0.2) is 36.5 Å². The van der Waals surface area contributed by atoms with Gasteiger partial charge in [-0.3, -0.25) is 4.79 Å². The zero-order valence-corrected chi connectivity index (χ0v) is 8.84. The van der Waals surface area contributed by atoms with Crippen LogP contribution < -0.4 is 5.32 Å². The van der Waals surface area contributed by atoms with Crippen LogP contribution in [0.4, 0.5) is 13.2 Å². The Bertz CT molecular complexity index is 462. The molecule has 1 heterocycles. The second kappa shape index (κ2) is 3.91. The topological polar surface area (TPSA) is 29.1 Å². The molecule has 17 heavy (non-hydrogen) atoms. The first-order valence-electron chi connectivity index (χ1n) is 5.04. The number of carbonyl (C=O) groups excluding carboxylic acids is 1.